The topological polar surface area (TPSA) is 79.5 Å². The smallest absolute Gasteiger partial charge is 0.274 e. The second-order valence-electron chi connectivity index (χ2n) is 4.50. The van der Waals surface area contributed by atoms with Gasteiger partial charge in [0.1, 0.15) is 0 Å². The van der Waals surface area contributed by atoms with Gasteiger partial charge in [-0.3, -0.25) is 4.79 Å². The number of amides is 1. The molecule has 0 unspecified atom stereocenters. The van der Waals surface area contributed by atoms with Crippen LogP contribution in [-0.2, 0) is 4.79 Å². The van der Waals surface area contributed by atoms with Crippen molar-refractivity contribution in [2.24, 2.45) is 17.1 Å². The van der Waals surface area contributed by atoms with Crippen LogP contribution in [0, 0.1) is 11.3 Å². The van der Waals surface area contributed by atoms with Crippen LogP contribution < -0.4 is 5.73 Å². The van der Waals surface area contributed by atoms with Gasteiger partial charge in [0.05, 0.1) is 5.41 Å². The number of hydrogen-bond donors (Lipinski definition) is 1. The van der Waals surface area contributed by atoms with Crippen molar-refractivity contribution in [2.45, 2.75) is 38.5 Å². The summed E-state index contributed by atoms with van der Waals surface area (Å²) in [4.78, 5) is 14.3. The standard InChI is InChI=1S/C10H15N3O/c11-9(14)7-1-4-10(5-2-7)6-3-8(10)13-12/h7H,1-6H2,(H2,11,14). The Balaban J connectivity index is 2.02. The third-order valence-corrected chi connectivity index (χ3v) is 3.92. The minimum absolute atomic E-state index is 0.0427. The Morgan fingerprint density at radius 1 is 1.43 bits per heavy atom. The van der Waals surface area contributed by atoms with Crippen molar-refractivity contribution < 1.29 is 9.58 Å². The second-order valence-corrected chi connectivity index (χ2v) is 4.50. The molecule has 0 radical (unpaired) electrons. The van der Waals surface area contributed by atoms with Gasteiger partial charge in [-0.2, -0.15) is 4.79 Å². The van der Waals surface area contributed by atoms with E-state index in [0.717, 1.165) is 44.2 Å². The number of nitrogens with zero attached hydrogens (tertiary/aromatic N) is 2. The lowest BCUT2D eigenvalue weighted by molar-refractivity contribution is -0.123. The number of nitrogens with two attached hydrogens (primary N) is 1. The van der Waals surface area contributed by atoms with Gasteiger partial charge in [0.25, 0.3) is 5.71 Å². The molecule has 2 aliphatic carbocycles. The maximum atomic E-state index is 11.0. The number of hydrogen-bond acceptors (Lipinski definition) is 1. The Morgan fingerprint density at radius 3 is 2.43 bits per heavy atom. The lowest BCUT2D eigenvalue weighted by Gasteiger charge is -2.41. The number of carbonyl (C=O) groups is 1. The van der Waals surface area contributed by atoms with Crippen molar-refractivity contribution >= 4 is 11.6 Å². The SMILES string of the molecule is [N-]=[N+]=C1CCC12CCC(C(N)=O)CC2. The lowest BCUT2D eigenvalue weighted by Crippen LogP contribution is -2.45. The Kier molecular flexibility index (Phi) is 2.16. The molecule has 2 rings (SSSR count). The quantitative estimate of drug-likeness (QED) is 0.491. The predicted molar refractivity (Wildman–Crippen MR) is 51.4 cm³/mol. The van der Waals surface area contributed by atoms with Gasteiger partial charge in [-0.25, -0.2) is 0 Å². The van der Waals surface area contributed by atoms with Gasteiger partial charge in [0, 0.05) is 12.3 Å². The molecule has 2 N–H and O–H groups in total. The van der Waals surface area contributed by atoms with Crippen molar-refractivity contribution in [2.75, 3.05) is 0 Å². The average Bonchev–Trinajstić information content (AvgIpc) is 2.17. The average molecular weight is 193 g/mol. The van der Waals surface area contributed by atoms with E-state index in [-0.39, 0.29) is 17.2 Å². The molecule has 1 spiro atoms. The summed E-state index contributed by atoms with van der Waals surface area (Å²) in [5.74, 6) is -0.136. The fraction of sp³-hybridized carbons (Fsp3) is 0.800. The van der Waals surface area contributed by atoms with Crippen LogP contribution in [0.5, 0.6) is 0 Å². The number of carbonyl (C=O) groups excluding carboxylic acids is 1. The molecule has 2 aliphatic rings. The lowest BCUT2D eigenvalue weighted by atomic mass is 9.58. The summed E-state index contributed by atoms with van der Waals surface area (Å²) in [5.41, 5.74) is 15.1. The van der Waals surface area contributed by atoms with Gasteiger partial charge in [0.2, 0.25) is 5.91 Å². The van der Waals surface area contributed by atoms with Crippen LogP contribution in [0.15, 0.2) is 0 Å². The molecular weight excluding hydrogens is 178 g/mol. The molecule has 14 heavy (non-hydrogen) atoms. The first-order chi connectivity index (χ1) is 6.68. The van der Waals surface area contributed by atoms with Crippen LogP contribution in [-0.4, -0.2) is 16.4 Å². The summed E-state index contributed by atoms with van der Waals surface area (Å²) in [6.07, 6.45) is 5.65. The van der Waals surface area contributed by atoms with Crippen LogP contribution >= 0.6 is 0 Å². The van der Waals surface area contributed by atoms with Crippen LogP contribution in [0.3, 0.4) is 0 Å². The molecule has 0 bridgehead atoms. The van der Waals surface area contributed by atoms with Gasteiger partial charge in [-0.1, -0.05) is 0 Å². The van der Waals surface area contributed by atoms with Crippen molar-refractivity contribution in [1.29, 1.82) is 0 Å². The zero-order valence-corrected chi connectivity index (χ0v) is 8.20. The zero-order valence-electron chi connectivity index (χ0n) is 8.20. The third kappa shape index (κ3) is 1.26. The van der Waals surface area contributed by atoms with E-state index in [2.05, 4.69) is 4.79 Å². The molecule has 2 fully saturated rings. The first-order valence-corrected chi connectivity index (χ1v) is 5.19. The van der Waals surface area contributed by atoms with Crippen molar-refractivity contribution in [1.82, 2.24) is 0 Å². The molecule has 2 saturated carbocycles. The predicted octanol–water partition coefficient (Wildman–Crippen LogP) is 1.11. The van der Waals surface area contributed by atoms with E-state index < -0.39 is 0 Å². The Hall–Kier alpha value is -1.15. The van der Waals surface area contributed by atoms with E-state index in [9.17, 15) is 4.79 Å². The summed E-state index contributed by atoms with van der Waals surface area (Å²) in [6, 6.07) is 0. The van der Waals surface area contributed by atoms with Crippen LogP contribution in [0.1, 0.15) is 38.5 Å². The maximum absolute atomic E-state index is 11.0. The molecule has 0 aromatic rings. The molecule has 0 aromatic heterocycles. The molecule has 4 heteroatoms. The molecular formula is C10H15N3O. The number of primary amides is 1. The normalized spacial score (nSPS) is 36.3. The summed E-state index contributed by atoms with van der Waals surface area (Å²) >= 11 is 0. The first kappa shape index (κ1) is 9.41. The fourth-order valence-corrected chi connectivity index (χ4v) is 2.74. The zero-order chi connectivity index (χ0) is 10.2. The summed E-state index contributed by atoms with van der Waals surface area (Å²) < 4.78 is 0. The van der Waals surface area contributed by atoms with Gasteiger partial charge in [-0.05, 0) is 32.1 Å². The Bertz CT molecular complexity index is 309. The third-order valence-electron chi connectivity index (χ3n) is 3.92. The van der Waals surface area contributed by atoms with E-state index >= 15 is 0 Å². The van der Waals surface area contributed by atoms with E-state index in [4.69, 9.17) is 11.3 Å². The van der Waals surface area contributed by atoms with Crippen LogP contribution in [0.2, 0.25) is 0 Å². The largest absolute Gasteiger partial charge is 0.369 e. The Labute approximate surface area is 83.1 Å². The molecule has 0 aliphatic heterocycles. The van der Waals surface area contributed by atoms with Gasteiger partial charge < -0.3 is 11.3 Å². The highest BCUT2D eigenvalue weighted by atomic mass is 16.1. The van der Waals surface area contributed by atoms with E-state index in [0.29, 0.717) is 0 Å². The second kappa shape index (κ2) is 3.21. The van der Waals surface area contributed by atoms with Crippen molar-refractivity contribution in [3.63, 3.8) is 0 Å². The highest BCUT2D eigenvalue weighted by Crippen LogP contribution is 2.49. The summed E-state index contributed by atoms with van der Waals surface area (Å²) in [7, 11) is 0. The van der Waals surface area contributed by atoms with E-state index in [1.165, 1.54) is 0 Å². The summed E-state index contributed by atoms with van der Waals surface area (Å²) in [6.45, 7) is 0. The highest BCUT2D eigenvalue weighted by molar-refractivity contribution is 5.91. The minimum Gasteiger partial charge on any atom is -0.369 e. The molecule has 76 valence electrons. The van der Waals surface area contributed by atoms with Crippen LogP contribution in [0.25, 0.3) is 5.53 Å². The van der Waals surface area contributed by atoms with Gasteiger partial charge >= 0.3 is 0 Å². The highest BCUT2D eigenvalue weighted by Gasteiger charge is 2.52. The van der Waals surface area contributed by atoms with E-state index in [1.807, 2.05) is 0 Å². The first-order valence-electron chi connectivity index (χ1n) is 5.19. The maximum Gasteiger partial charge on any atom is 0.274 e. The molecule has 0 atom stereocenters. The minimum atomic E-state index is -0.179. The van der Waals surface area contributed by atoms with Crippen molar-refractivity contribution in [3.05, 3.63) is 5.53 Å². The molecule has 1 amide bonds. The van der Waals surface area contributed by atoms with Crippen molar-refractivity contribution in [3.8, 4) is 0 Å². The molecule has 0 aromatic carbocycles. The fourth-order valence-electron chi connectivity index (χ4n) is 2.74. The molecule has 4 nitrogen and oxygen atoms in total. The van der Waals surface area contributed by atoms with E-state index in [1.54, 1.807) is 0 Å². The van der Waals surface area contributed by atoms with Gasteiger partial charge in [0.15, 0.2) is 0 Å². The molecule has 0 saturated heterocycles. The summed E-state index contributed by atoms with van der Waals surface area (Å²) in [5, 5.41) is 0. The Morgan fingerprint density at radius 2 is 2.07 bits per heavy atom. The number of rotatable bonds is 1. The monoisotopic (exact) mass is 193 g/mol. The molecule has 0 heterocycles. The van der Waals surface area contributed by atoms with Crippen LogP contribution in [0.4, 0.5) is 0 Å². The van der Waals surface area contributed by atoms with Gasteiger partial charge in [-0.15, -0.1) is 0 Å².